The number of likely N-dealkylation sites (N-methyl/N-ethyl adjacent to an activating group) is 1. The molecular weight excluding hydrogens is 289 g/mol. The molecule has 0 saturated heterocycles. The van der Waals surface area contributed by atoms with Crippen molar-refractivity contribution in [2.75, 3.05) is 14.1 Å². The van der Waals surface area contributed by atoms with Crippen LogP contribution in [0.3, 0.4) is 0 Å². The van der Waals surface area contributed by atoms with Crippen molar-refractivity contribution in [3.8, 4) is 11.3 Å². The summed E-state index contributed by atoms with van der Waals surface area (Å²) in [7, 11) is 3.15. The van der Waals surface area contributed by atoms with Gasteiger partial charge in [0.05, 0.1) is 0 Å². The summed E-state index contributed by atoms with van der Waals surface area (Å²) in [5.74, 6) is -1.00. The zero-order valence-corrected chi connectivity index (χ0v) is 12.5. The van der Waals surface area contributed by atoms with Crippen LogP contribution in [0.2, 0.25) is 0 Å². The van der Waals surface area contributed by atoms with Crippen LogP contribution >= 0.6 is 0 Å². The standard InChI is InChI=1S/C16H16FNO4/c1-10(15(19)18(2)3)21-16(20)14-9-8-13(22-14)11-4-6-12(17)7-5-11/h4-10H,1-3H3/t10-/m0/s1. The fourth-order valence-corrected chi connectivity index (χ4v) is 1.85. The molecular formula is C16H16FNO4. The second-order valence-electron chi connectivity index (χ2n) is 4.95. The van der Waals surface area contributed by atoms with Gasteiger partial charge in [0, 0.05) is 19.7 Å². The zero-order chi connectivity index (χ0) is 16.3. The summed E-state index contributed by atoms with van der Waals surface area (Å²) in [6, 6.07) is 8.72. The lowest BCUT2D eigenvalue weighted by Gasteiger charge is -2.16. The molecule has 0 unspecified atom stereocenters. The van der Waals surface area contributed by atoms with Gasteiger partial charge in [-0.15, -0.1) is 0 Å². The third-order valence-corrected chi connectivity index (χ3v) is 3.01. The normalized spacial score (nSPS) is 11.8. The Hall–Kier alpha value is -2.63. The average Bonchev–Trinajstić information content (AvgIpc) is 2.96. The lowest BCUT2D eigenvalue weighted by molar-refractivity contribution is -0.137. The molecule has 5 nitrogen and oxygen atoms in total. The Morgan fingerprint density at radius 2 is 1.77 bits per heavy atom. The summed E-state index contributed by atoms with van der Waals surface area (Å²) < 4.78 is 23.3. The lowest BCUT2D eigenvalue weighted by Crippen LogP contribution is -2.34. The zero-order valence-electron chi connectivity index (χ0n) is 12.5. The summed E-state index contributed by atoms with van der Waals surface area (Å²) >= 11 is 0. The lowest BCUT2D eigenvalue weighted by atomic mass is 10.2. The highest BCUT2D eigenvalue weighted by Gasteiger charge is 2.22. The number of hydrogen-bond acceptors (Lipinski definition) is 4. The molecule has 116 valence electrons. The summed E-state index contributed by atoms with van der Waals surface area (Å²) in [4.78, 5) is 24.9. The van der Waals surface area contributed by atoms with Gasteiger partial charge < -0.3 is 14.1 Å². The molecule has 0 spiro atoms. The molecule has 1 atom stereocenters. The van der Waals surface area contributed by atoms with E-state index < -0.39 is 12.1 Å². The number of halogens is 1. The Morgan fingerprint density at radius 3 is 2.36 bits per heavy atom. The van der Waals surface area contributed by atoms with Crippen molar-refractivity contribution >= 4 is 11.9 Å². The predicted octanol–water partition coefficient (Wildman–Crippen LogP) is 2.72. The molecule has 0 radical (unpaired) electrons. The van der Waals surface area contributed by atoms with Crippen LogP contribution in [-0.4, -0.2) is 37.0 Å². The van der Waals surface area contributed by atoms with E-state index in [2.05, 4.69) is 0 Å². The van der Waals surface area contributed by atoms with Gasteiger partial charge in [-0.05, 0) is 43.3 Å². The molecule has 0 aliphatic rings. The number of ether oxygens (including phenoxy) is 1. The first-order chi connectivity index (χ1) is 10.4. The molecule has 0 saturated carbocycles. The Labute approximate surface area is 127 Å². The molecule has 22 heavy (non-hydrogen) atoms. The highest BCUT2D eigenvalue weighted by molar-refractivity contribution is 5.90. The number of furan rings is 1. The van der Waals surface area contributed by atoms with Crippen molar-refractivity contribution in [2.45, 2.75) is 13.0 Å². The van der Waals surface area contributed by atoms with Crippen molar-refractivity contribution in [1.29, 1.82) is 0 Å². The Kier molecular flexibility index (Phi) is 4.60. The van der Waals surface area contributed by atoms with Gasteiger partial charge >= 0.3 is 5.97 Å². The van der Waals surface area contributed by atoms with E-state index in [0.29, 0.717) is 11.3 Å². The van der Waals surface area contributed by atoms with E-state index in [4.69, 9.17) is 9.15 Å². The quantitative estimate of drug-likeness (QED) is 0.815. The van der Waals surface area contributed by atoms with Crippen LogP contribution in [0.5, 0.6) is 0 Å². The fourth-order valence-electron chi connectivity index (χ4n) is 1.85. The maximum atomic E-state index is 12.9. The van der Waals surface area contributed by atoms with Crippen molar-refractivity contribution in [2.24, 2.45) is 0 Å². The molecule has 1 heterocycles. The number of hydrogen-bond donors (Lipinski definition) is 0. The van der Waals surface area contributed by atoms with Gasteiger partial charge in [0.2, 0.25) is 5.76 Å². The Morgan fingerprint density at radius 1 is 1.14 bits per heavy atom. The van der Waals surface area contributed by atoms with E-state index >= 15 is 0 Å². The van der Waals surface area contributed by atoms with E-state index in [1.807, 2.05) is 0 Å². The smallest absolute Gasteiger partial charge is 0.375 e. The van der Waals surface area contributed by atoms with E-state index in [9.17, 15) is 14.0 Å². The number of nitrogens with zero attached hydrogens (tertiary/aromatic N) is 1. The number of carbonyl (C=O) groups is 2. The number of benzene rings is 1. The fraction of sp³-hybridized carbons (Fsp3) is 0.250. The minimum atomic E-state index is -0.901. The summed E-state index contributed by atoms with van der Waals surface area (Å²) in [6.07, 6.45) is -0.901. The minimum absolute atomic E-state index is 0.0160. The van der Waals surface area contributed by atoms with Gasteiger partial charge in [-0.2, -0.15) is 0 Å². The number of amides is 1. The SMILES string of the molecule is C[C@H](OC(=O)c1ccc(-c2ccc(F)cc2)o1)C(=O)N(C)C. The van der Waals surface area contributed by atoms with E-state index in [1.54, 1.807) is 32.3 Å². The van der Waals surface area contributed by atoms with Crippen molar-refractivity contribution in [3.05, 3.63) is 48.0 Å². The largest absolute Gasteiger partial charge is 0.449 e. The highest BCUT2D eigenvalue weighted by Crippen LogP contribution is 2.23. The summed E-state index contributed by atoms with van der Waals surface area (Å²) in [6.45, 7) is 1.49. The number of rotatable bonds is 4. The van der Waals surface area contributed by atoms with E-state index in [-0.39, 0.29) is 17.5 Å². The molecule has 1 aromatic carbocycles. The van der Waals surface area contributed by atoms with E-state index in [0.717, 1.165) is 0 Å². The average molecular weight is 305 g/mol. The first kappa shape index (κ1) is 15.8. The molecule has 1 amide bonds. The number of esters is 1. The van der Waals surface area contributed by atoms with Crippen molar-refractivity contribution in [1.82, 2.24) is 4.90 Å². The third-order valence-electron chi connectivity index (χ3n) is 3.01. The topological polar surface area (TPSA) is 59.8 Å². The van der Waals surface area contributed by atoms with Crippen LogP contribution in [-0.2, 0) is 9.53 Å². The molecule has 0 N–H and O–H groups in total. The van der Waals surface area contributed by atoms with Gasteiger partial charge in [-0.3, -0.25) is 4.79 Å². The second kappa shape index (κ2) is 6.43. The molecule has 2 rings (SSSR count). The maximum absolute atomic E-state index is 12.9. The van der Waals surface area contributed by atoms with E-state index in [1.165, 1.54) is 30.0 Å². The van der Waals surface area contributed by atoms with Crippen LogP contribution < -0.4 is 0 Å². The maximum Gasteiger partial charge on any atom is 0.375 e. The molecule has 0 fully saturated rings. The van der Waals surface area contributed by atoms with Crippen LogP contribution in [0.15, 0.2) is 40.8 Å². The third kappa shape index (κ3) is 3.52. The highest BCUT2D eigenvalue weighted by atomic mass is 19.1. The number of carbonyl (C=O) groups excluding carboxylic acids is 2. The van der Waals surface area contributed by atoms with Crippen molar-refractivity contribution in [3.63, 3.8) is 0 Å². The molecule has 0 aliphatic heterocycles. The second-order valence-corrected chi connectivity index (χ2v) is 4.95. The van der Waals surface area contributed by atoms with Gasteiger partial charge in [0.25, 0.3) is 5.91 Å². The molecule has 0 aliphatic carbocycles. The predicted molar refractivity (Wildman–Crippen MR) is 77.7 cm³/mol. The van der Waals surface area contributed by atoms with Gasteiger partial charge in [-0.25, -0.2) is 9.18 Å². The molecule has 1 aromatic heterocycles. The summed E-state index contributed by atoms with van der Waals surface area (Å²) in [5, 5.41) is 0. The van der Waals surface area contributed by atoms with Gasteiger partial charge in [0.15, 0.2) is 6.10 Å². The Balaban J connectivity index is 2.09. The minimum Gasteiger partial charge on any atom is -0.449 e. The summed E-state index contributed by atoms with van der Waals surface area (Å²) in [5.41, 5.74) is 0.637. The first-order valence-corrected chi connectivity index (χ1v) is 6.66. The molecule has 2 aromatic rings. The van der Waals surface area contributed by atoms with Crippen LogP contribution in [0.4, 0.5) is 4.39 Å². The van der Waals surface area contributed by atoms with Crippen LogP contribution in [0.25, 0.3) is 11.3 Å². The molecule has 0 bridgehead atoms. The monoisotopic (exact) mass is 305 g/mol. The first-order valence-electron chi connectivity index (χ1n) is 6.66. The van der Waals surface area contributed by atoms with Crippen molar-refractivity contribution < 1.29 is 23.1 Å². The van der Waals surface area contributed by atoms with Gasteiger partial charge in [-0.1, -0.05) is 0 Å². The van der Waals surface area contributed by atoms with Crippen LogP contribution in [0.1, 0.15) is 17.5 Å². The van der Waals surface area contributed by atoms with Gasteiger partial charge in [0.1, 0.15) is 11.6 Å². The Bertz CT molecular complexity index is 676. The molecule has 6 heteroatoms. The van der Waals surface area contributed by atoms with Crippen LogP contribution in [0, 0.1) is 5.82 Å².